The highest BCUT2D eigenvalue weighted by Gasteiger charge is 2.36. The maximum atomic E-state index is 12.4. The van der Waals surface area contributed by atoms with Gasteiger partial charge in [0.1, 0.15) is 12.3 Å². The lowest BCUT2D eigenvalue weighted by atomic mass is 10.1. The normalized spacial score (nSPS) is 15.8. The summed E-state index contributed by atoms with van der Waals surface area (Å²) >= 11 is 3.96. The Hall–Kier alpha value is -2.32. The summed E-state index contributed by atoms with van der Waals surface area (Å²) in [6, 6.07) is 8.88. The molecule has 0 bridgehead atoms. The van der Waals surface area contributed by atoms with Crippen LogP contribution in [0.4, 0.5) is 10.5 Å². The molecule has 2 aromatic rings. The number of carbonyl (C=O) groups excluding carboxylic acids is 3. The molecule has 0 saturated carbocycles. The number of hydrogen-bond acceptors (Lipinski definition) is 5. The molecule has 0 atom stereocenters. The van der Waals surface area contributed by atoms with Crippen molar-refractivity contribution in [2.75, 3.05) is 11.9 Å². The van der Waals surface area contributed by atoms with E-state index >= 15 is 0 Å². The van der Waals surface area contributed by atoms with Crippen molar-refractivity contribution in [1.29, 1.82) is 0 Å². The van der Waals surface area contributed by atoms with Crippen molar-refractivity contribution >= 4 is 56.5 Å². The second-order valence-corrected chi connectivity index (χ2v) is 7.53. The first kappa shape index (κ1) is 18.5. The minimum Gasteiger partial charge on any atom is -0.450 e. The van der Waals surface area contributed by atoms with Crippen molar-refractivity contribution < 1.29 is 18.8 Å². The minimum atomic E-state index is -0.511. The lowest BCUT2D eigenvalue weighted by molar-refractivity contribution is -0.127. The highest BCUT2D eigenvalue weighted by molar-refractivity contribution is 9.10. The summed E-state index contributed by atoms with van der Waals surface area (Å²) < 4.78 is 5.83. The van der Waals surface area contributed by atoms with Gasteiger partial charge in [-0.2, -0.15) is 0 Å². The van der Waals surface area contributed by atoms with Gasteiger partial charge in [-0.3, -0.25) is 19.3 Å². The Morgan fingerprint density at radius 2 is 2.00 bits per heavy atom. The molecule has 1 fully saturated rings. The van der Waals surface area contributed by atoms with Crippen LogP contribution in [-0.4, -0.2) is 28.5 Å². The number of nitrogens with one attached hydrogen (secondary N) is 1. The molecule has 1 N–H and O–H groups in total. The smallest absolute Gasteiger partial charge is 0.294 e. The van der Waals surface area contributed by atoms with E-state index in [1.807, 2.05) is 26.0 Å². The predicted octanol–water partition coefficient (Wildman–Crippen LogP) is 4.33. The number of amides is 3. The second-order valence-electron chi connectivity index (χ2n) is 5.76. The molecule has 1 aromatic carbocycles. The zero-order chi connectivity index (χ0) is 18.8. The maximum absolute atomic E-state index is 12.4. The molecular weight excluding hydrogens is 420 g/mol. The summed E-state index contributed by atoms with van der Waals surface area (Å²) in [5, 5.41) is 2.22. The van der Waals surface area contributed by atoms with Crippen molar-refractivity contribution in [1.82, 2.24) is 4.90 Å². The van der Waals surface area contributed by atoms with Crippen LogP contribution in [0.25, 0.3) is 6.08 Å². The molecular formula is C18H15BrN2O4S. The van der Waals surface area contributed by atoms with Gasteiger partial charge in [-0.25, -0.2) is 0 Å². The van der Waals surface area contributed by atoms with E-state index in [1.54, 1.807) is 18.2 Å². The number of thioether (sulfide) groups is 1. The van der Waals surface area contributed by atoms with Crippen molar-refractivity contribution in [3.05, 3.63) is 56.8 Å². The molecule has 0 radical (unpaired) electrons. The van der Waals surface area contributed by atoms with Crippen LogP contribution in [0, 0.1) is 13.8 Å². The molecule has 0 spiro atoms. The maximum Gasteiger partial charge on any atom is 0.294 e. The van der Waals surface area contributed by atoms with E-state index in [2.05, 4.69) is 21.2 Å². The molecule has 0 aliphatic carbocycles. The van der Waals surface area contributed by atoms with Gasteiger partial charge in [0, 0.05) is 11.8 Å². The molecule has 1 aliphatic heterocycles. The Morgan fingerprint density at radius 3 is 2.65 bits per heavy atom. The number of halogens is 1. The number of hydrogen-bond donors (Lipinski definition) is 1. The van der Waals surface area contributed by atoms with Crippen LogP contribution in [0.3, 0.4) is 0 Å². The van der Waals surface area contributed by atoms with E-state index in [9.17, 15) is 14.4 Å². The molecule has 26 heavy (non-hydrogen) atoms. The van der Waals surface area contributed by atoms with E-state index < -0.39 is 17.1 Å². The molecule has 2 heterocycles. The third-order valence-corrected chi connectivity index (χ3v) is 5.17. The van der Waals surface area contributed by atoms with Crippen LogP contribution in [0.1, 0.15) is 16.9 Å². The zero-order valence-corrected chi connectivity index (χ0v) is 16.4. The highest BCUT2D eigenvalue weighted by Crippen LogP contribution is 2.32. The Kier molecular flexibility index (Phi) is 5.33. The average Bonchev–Trinajstić information content (AvgIpc) is 3.09. The number of anilines is 1. The number of nitrogens with zero attached hydrogens (tertiary/aromatic N) is 1. The lowest BCUT2D eigenvalue weighted by Gasteiger charge is -2.13. The third kappa shape index (κ3) is 4.08. The molecule has 0 unspecified atom stereocenters. The molecule has 1 aromatic heterocycles. The molecule has 1 saturated heterocycles. The number of rotatable bonds is 4. The van der Waals surface area contributed by atoms with Gasteiger partial charge in [0.2, 0.25) is 5.91 Å². The van der Waals surface area contributed by atoms with Gasteiger partial charge in [-0.1, -0.05) is 6.07 Å². The van der Waals surface area contributed by atoms with Crippen molar-refractivity contribution in [3.63, 3.8) is 0 Å². The summed E-state index contributed by atoms with van der Waals surface area (Å²) in [6.07, 6.45) is 1.48. The van der Waals surface area contributed by atoms with Gasteiger partial charge in [0.25, 0.3) is 11.1 Å². The number of benzene rings is 1. The fourth-order valence-corrected chi connectivity index (χ4v) is 3.47. The molecule has 1 aliphatic rings. The highest BCUT2D eigenvalue weighted by atomic mass is 79.9. The van der Waals surface area contributed by atoms with Crippen LogP contribution in [0.5, 0.6) is 0 Å². The molecule has 134 valence electrons. The van der Waals surface area contributed by atoms with E-state index in [1.165, 1.54) is 6.08 Å². The van der Waals surface area contributed by atoms with Gasteiger partial charge in [0.05, 0.1) is 4.91 Å². The van der Waals surface area contributed by atoms with Gasteiger partial charge in [0.15, 0.2) is 4.67 Å². The second kappa shape index (κ2) is 7.51. The van der Waals surface area contributed by atoms with Gasteiger partial charge in [-0.15, -0.1) is 0 Å². The van der Waals surface area contributed by atoms with Crippen molar-refractivity contribution in [3.8, 4) is 0 Å². The SMILES string of the molecule is Cc1ccc(NC(=O)CN2C(=O)S/C(=C/c3ccc(Br)o3)C2=O)cc1C. The van der Waals surface area contributed by atoms with Gasteiger partial charge < -0.3 is 9.73 Å². The summed E-state index contributed by atoms with van der Waals surface area (Å²) in [4.78, 5) is 37.8. The van der Waals surface area contributed by atoms with Crippen molar-refractivity contribution in [2.24, 2.45) is 0 Å². The Bertz CT molecular complexity index is 935. The molecule has 3 rings (SSSR count). The fraction of sp³-hybridized carbons (Fsp3) is 0.167. The molecule has 8 heteroatoms. The summed E-state index contributed by atoms with van der Waals surface area (Å²) in [5.41, 5.74) is 2.78. The Labute approximate surface area is 162 Å². The summed E-state index contributed by atoms with van der Waals surface area (Å²) in [7, 11) is 0. The van der Waals surface area contributed by atoms with E-state index in [4.69, 9.17) is 4.42 Å². The lowest BCUT2D eigenvalue weighted by Crippen LogP contribution is -2.36. The van der Waals surface area contributed by atoms with E-state index in [0.29, 0.717) is 16.1 Å². The van der Waals surface area contributed by atoms with E-state index in [0.717, 1.165) is 27.8 Å². The first-order valence-corrected chi connectivity index (χ1v) is 9.32. The summed E-state index contributed by atoms with van der Waals surface area (Å²) in [6.45, 7) is 3.58. The largest absolute Gasteiger partial charge is 0.450 e. The quantitative estimate of drug-likeness (QED) is 0.724. The summed E-state index contributed by atoms with van der Waals surface area (Å²) in [5.74, 6) is -0.498. The number of furan rings is 1. The first-order chi connectivity index (χ1) is 12.3. The monoisotopic (exact) mass is 434 g/mol. The Morgan fingerprint density at radius 1 is 1.23 bits per heavy atom. The number of carbonyl (C=O) groups is 3. The van der Waals surface area contributed by atoms with Crippen molar-refractivity contribution in [2.45, 2.75) is 13.8 Å². The van der Waals surface area contributed by atoms with Crippen LogP contribution in [0.2, 0.25) is 0 Å². The zero-order valence-electron chi connectivity index (χ0n) is 14.0. The molecule has 6 nitrogen and oxygen atoms in total. The van der Waals surface area contributed by atoms with Crippen LogP contribution < -0.4 is 5.32 Å². The standard InChI is InChI=1S/C18H15BrN2O4S/c1-10-3-4-12(7-11(10)2)20-16(22)9-21-17(23)14(26-18(21)24)8-13-5-6-15(19)25-13/h3-8H,9H2,1-2H3,(H,20,22)/b14-8+. The van der Waals surface area contributed by atoms with Crippen LogP contribution in [-0.2, 0) is 9.59 Å². The minimum absolute atomic E-state index is 0.218. The number of aryl methyl sites for hydroxylation is 2. The van der Waals surface area contributed by atoms with Crippen LogP contribution >= 0.6 is 27.7 Å². The van der Waals surface area contributed by atoms with E-state index in [-0.39, 0.29) is 11.4 Å². The van der Waals surface area contributed by atoms with Gasteiger partial charge in [-0.05, 0) is 76.9 Å². The predicted molar refractivity (Wildman–Crippen MR) is 104 cm³/mol. The van der Waals surface area contributed by atoms with Gasteiger partial charge >= 0.3 is 0 Å². The first-order valence-electron chi connectivity index (χ1n) is 7.71. The molecule has 3 amide bonds. The number of imide groups is 1. The van der Waals surface area contributed by atoms with Crippen LogP contribution in [0.15, 0.2) is 44.3 Å². The fourth-order valence-electron chi connectivity index (χ4n) is 2.33. The topological polar surface area (TPSA) is 79.6 Å². The third-order valence-electron chi connectivity index (χ3n) is 3.83. The Balaban J connectivity index is 1.68. The average molecular weight is 435 g/mol.